The third-order valence-corrected chi connectivity index (χ3v) is 4.40. The van der Waals surface area contributed by atoms with E-state index < -0.39 is 29.4 Å². The average Bonchev–Trinajstić information content (AvgIpc) is 2.34. The highest BCUT2D eigenvalue weighted by Gasteiger charge is 2.61. The van der Waals surface area contributed by atoms with Crippen LogP contribution in [-0.4, -0.2) is 35.7 Å². The van der Waals surface area contributed by atoms with Gasteiger partial charge < -0.3 is 14.6 Å². The van der Waals surface area contributed by atoms with Crippen molar-refractivity contribution in [1.82, 2.24) is 0 Å². The van der Waals surface area contributed by atoms with Gasteiger partial charge >= 0.3 is 17.9 Å². The van der Waals surface area contributed by atoms with E-state index in [1.165, 1.54) is 7.11 Å². The van der Waals surface area contributed by atoms with Gasteiger partial charge in [0.1, 0.15) is 17.4 Å². The van der Waals surface area contributed by atoms with Gasteiger partial charge in [0.25, 0.3) is 0 Å². The Morgan fingerprint density at radius 1 is 1.20 bits per heavy atom. The van der Waals surface area contributed by atoms with E-state index in [0.717, 1.165) is 6.42 Å². The van der Waals surface area contributed by atoms with E-state index in [1.807, 2.05) is 13.8 Å². The molecule has 1 N–H and O–H groups in total. The third-order valence-electron chi connectivity index (χ3n) is 4.40. The topological polar surface area (TPSA) is 89.9 Å². The molecule has 0 aromatic carbocycles. The summed E-state index contributed by atoms with van der Waals surface area (Å²) in [5, 5.41) is 8.66. The fourth-order valence-corrected chi connectivity index (χ4v) is 3.12. The SMILES string of the molecule is CCC(CC)(OC(=O)CC(=O)O)C1(C(=O)OC)CCC1. The normalized spacial score (nSPS) is 16.9. The van der Waals surface area contributed by atoms with Gasteiger partial charge in [-0.15, -0.1) is 0 Å². The average molecular weight is 286 g/mol. The Morgan fingerprint density at radius 3 is 2.05 bits per heavy atom. The van der Waals surface area contributed by atoms with Crippen molar-refractivity contribution in [3.63, 3.8) is 0 Å². The molecular formula is C14H22O6. The molecule has 1 rings (SSSR count). The van der Waals surface area contributed by atoms with Gasteiger partial charge in [-0.25, -0.2) is 0 Å². The van der Waals surface area contributed by atoms with Crippen LogP contribution in [-0.2, 0) is 23.9 Å². The number of carboxylic acids is 1. The second kappa shape index (κ2) is 6.24. The van der Waals surface area contributed by atoms with E-state index in [9.17, 15) is 14.4 Å². The molecule has 20 heavy (non-hydrogen) atoms. The minimum Gasteiger partial charge on any atom is -0.481 e. The summed E-state index contributed by atoms with van der Waals surface area (Å²) in [6.45, 7) is 3.67. The molecule has 0 radical (unpaired) electrons. The summed E-state index contributed by atoms with van der Waals surface area (Å²) >= 11 is 0. The number of methoxy groups -OCH3 is 1. The number of aliphatic carboxylic acids is 1. The zero-order chi connectivity index (χ0) is 15.4. The quantitative estimate of drug-likeness (QED) is 0.568. The molecule has 114 valence electrons. The highest BCUT2D eigenvalue weighted by atomic mass is 16.6. The Hall–Kier alpha value is -1.59. The number of hydrogen-bond acceptors (Lipinski definition) is 5. The van der Waals surface area contributed by atoms with Crippen LogP contribution in [0.15, 0.2) is 0 Å². The summed E-state index contributed by atoms with van der Waals surface area (Å²) in [6, 6.07) is 0. The fourth-order valence-electron chi connectivity index (χ4n) is 3.12. The smallest absolute Gasteiger partial charge is 0.317 e. The van der Waals surface area contributed by atoms with Gasteiger partial charge in [0, 0.05) is 0 Å². The lowest BCUT2D eigenvalue weighted by molar-refractivity contribution is -0.207. The molecule has 0 amide bonds. The lowest BCUT2D eigenvalue weighted by Crippen LogP contribution is -2.59. The molecule has 1 fully saturated rings. The maximum Gasteiger partial charge on any atom is 0.317 e. The Bertz CT molecular complexity index is 392. The molecule has 6 heteroatoms. The van der Waals surface area contributed by atoms with Gasteiger partial charge in [-0.05, 0) is 25.7 Å². The maximum absolute atomic E-state index is 12.2. The Morgan fingerprint density at radius 2 is 1.75 bits per heavy atom. The highest BCUT2D eigenvalue weighted by Crippen LogP contribution is 2.54. The molecule has 0 bridgehead atoms. The van der Waals surface area contributed by atoms with Gasteiger partial charge in [-0.2, -0.15) is 0 Å². The predicted octanol–water partition coefficient (Wildman–Crippen LogP) is 1.91. The van der Waals surface area contributed by atoms with Crippen LogP contribution in [0.1, 0.15) is 52.4 Å². The minimum absolute atomic E-state index is 0.379. The molecule has 0 spiro atoms. The van der Waals surface area contributed by atoms with E-state index >= 15 is 0 Å². The summed E-state index contributed by atoms with van der Waals surface area (Å²) in [7, 11) is 1.32. The molecular weight excluding hydrogens is 264 g/mol. The second-order valence-corrected chi connectivity index (χ2v) is 5.17. The van der Waals surface area contributed by atoms with Gasteiger partial charge in [0.15, 0.2) is 0 Å². The van der Waals surface area contributed by atoms with E-state index in [4.69, 9.17) is 14.6 Å². The standard InChI is InChI=1S/C14H22O6/c1-4-14(5-2,20-11(17)9-10(15)16)13(7-6-8-13)12(18)19-3/h4-9H2,1-3H3,(H,15,16). The molecule has 0 aliphatic heterocycles. The molecule has 1 aliphatic carbocycles. The Labute approximate surface area is 118 Å². The number of rotatable bonds is 7. The van der Waals surface area contributed by atoms with E-state index in [2.05, 4.69) is 0 Å². The van der Waals surface area contributed by atoms with Crippen LogP contribution in [0, 0.1) is 5.41 Å². The highest BCUT2D eigenvalue weighted by molar-refractivity contribution is 5.90. The van der Waals surface area contributed by atoms with Gasteiger partial charge in [0.05, 0.1) is 7.11 Å². The molecule has 0 aromatic heterocycles. The van der Waals surface area contributed by atoms with Crippen LogP contribution >= 0.6 is 0 Å². The summed E-state index contributed by atoms with van der Waals surface area (Å²) in [4.78, 5) is 34.5. The third kappa shape index (κ3) is 2.64. The van der Waals surface area contributed by atoms with Crippen LogP contribution in [0.2, 0.25) is 0 Å². The molecule has 0 atom stereocenters. The molecule has 0 saturated heterocycles. The van der Waals surface area contributed by atoms with Crippen LogP contribution in [0.3, 0.4) is 0 Å². The Kier molecular flexibility index (Phi) is 5.14. The summed E-state index contributed by atoms with van der Waals surface area (Å²) < 4.78 is 10.3. The zero-order valence-corrected chi connectivity index (χ0v) is 12.2. The van der Waals surface area contributed by atoms with Gasteiger partial charge in [0.2, 0.25) is 0 Å². The van der Waals surface area contributed by atoms with Crippen molar-refractivity contribution < 1.29 is 29.0 Å². The number of carboxylic acid groups (broad SMARTS) is 1. The lowest BCUT2D eigenvalue weighted by atomic mass is 9.56. The molecule has 1 saturated carbocycles. The predicted molar refractivity (Wildman–Crippen MR) is 70.0 cm³/mol. The van der Waals surface area contributed by atoms with Crippen LogP contribution in [0.25, 0.3) is 0 Å². The first-order chi connectivity index (χ1) is 9.37. The fraction of sp³-hybridized carbons (Fsp3) is 0.786. The van der Waals surface area contributed by atoms with E-state index in [-0.39, 0.29) is 5.97 Å². The Balaban J connectivity index is 3.04. The monoisotopic (exact) mass is 286 g/mol. The first-order valence-electron chi connectivity index (χ1n) is 6.89. The van der Waals surface area contributed by atoms with Crippen molar-refractivity contribution in [1.29, 1.82) is 0 Å². The first kappa shape index (κ1) is 16.5. The van der Waals surface area contributed by atoms with Gasteiger partial charge in [-0.1, -0.05) is 20.3 Å². The van der Waals surface area contributed by atoms with Crippen LogP contribution in [0.5, 0.6) is 0 Å². The summed E-state index contributed by atoms with van der Waals surface area (Å²) in [5.74, 6) is -2.43. The second-order valence-electron chi connectivity index (χ2n) is 5.17. The minimum atomic E-state index is -1.24. The van der Waals surface area contributed by atoms with Crippen LogP contribution in [0.4, 0.5) is 0 Å². The number of carbonyl (C=O) groups excluding carboxylic acids is 2. The summed E-state index contributed by atoms with van der Waals surface area (Å²) in [5.41, 5.74) is -1.82. The number of hydrogen-bond donors (Lipinski definition) is 1. The van der Waals surface area contributed by atoms with Gasteiger partial charge in [-0.3, -0.25) is 14.4 Å². The lowest BCUT2D eigenvalue weighted by Gasteiger charge is -2.52. The van der Waals surface area contributed by atoms with Crippen molar-refractivity contribution in [2.45, 2.75) is 58.0 Å². The van der Waals surface area contributed by atoms with Crippen molar-refractivity contribution >= 4 is 17.9 Å². The first-order valence-corrected chi connectivity index (χ1v) is 6.89. The molecule has 1 aliphatic rings. The van der Waals surface area contributed by atoms with Crippen molar-refractivity contribution in [2.75, 3.05) is 7.11 Å². The molecule has 6 nitrogen and oxygen atoms in total. The van der Waals surface area contributed by atoms with E-state index in [1.54, 1.807) is 0 Å². The number of carbonyl (C=O) groups is 3. The molecule has 0 unspecified atom stereocenters. The van der Waals surface area contributed by atoms with Crippen molar-refractivity contribution in [2.24, 2.45) is 5.41 Å². The van der Waals surface area contributed by atoms with E-state index in [0.29, 0.717) is 25.7 Å². The van der Waals surface area contributed by atoms with Crippen molar-refractivity contribution in [3.05, 3.63) is 0 Å². The summed E-state index contributed by atoms with van der Waals surface area (Å²) in [6.07, 6.45) is 2.27. The number of esters is 2. The maximum atomic E-state index is 12.2. The largest absolute Gasteiger partial charge is 0.481 e. The molecule has 0 heterocycles. The molecule has 0 aromatic rings. The van der Waals surface area contributed by atoms with Crippen LogP contribution < -0.4 is 0 Å². The number of ether oxygens (including phenoxy) is 2. The van der Waals surface area contributed by atoms with Crippen molar-refractivity contribution in [3.8, 4) is 0 Å². The zero-order valence-electron chi connectivity index (χ0n) is 12.2.